The number of nitrogens with zero attached hydrogens (tertiary/aromatic N) is 3. The van der Waals surface area contributed by atoms with E-state index in [1.807, 2.05) is 32.0 Å². The van der Waals surface area contributed by atoms with Crippen molar-refractivity contribution >= 4 is 29.0 Å². The molecular weight excluding hydrogens is 432 g/mol. The summed E-state index contributed by atoms with van der Waals surface area (Å²) in [6.45, 7) is 4.59. The average molecular weight is 459 g/mol. The van der Waals surface area contributed by atoms with Crippen LogP contribution >= 0.6 is 0 Å². The molecule has 2 aromatic carbocycles. The van der Waals surface area contributed by atoms with Crippen molar-refractivity contribution in [1.82, 2.24) is 19.9 Å². The van der Waals surface area contributed by atoms with Crippen molar-refractivity contribution in [3.05, 3.63) is 72.1 Å². The van der Waals surface area contributed by atoms with E-state index in [-0.39, 0.29) is 11.9 Å². The first-order valence-corrected chi connectivity index (χ1v) is 11.0. The van der Waals surface area contributed by atoms with E-state index in [0.29, 0.717) is 34.9 Å². The number of imidazole rings is 1. The van der Waals surface area contributed by atoms with Gasteiger partial charge in [0.05, 0.1) is 18.0 Å². The zero-order chi connectivity index (χ0) is 24.1. The third-order valence-corrected chi connectivity index (χ3v) is 5.28. The number of rotatable bonds is 7. The largest absolute Gasteiger partial charge is 0.494 e. The van der Waals surface area contributed by atoms with Crippen LogP contribution in [-0.2, 0) is 0 Å². The van der Waals surface area contributed by atoms with Crippen LogP contribution in [0.15, 0.2) is 60.9 Å². The standard InChI is InChI=1S/C25H26N6O3/c1-4-14-34-18-10-8-17(9-11-18)24(32)28-20-7-5-6-19(16(20)2)21-15-22(29-25(33)26-3)23-27-12-13-31(23)30-21/h5-13,15H,4,14H2,1-3H3,(H,28,32)(H2,26,29,33). The molecule has 3 N–H and O–H groups in total. The van der Waals surface area contributed by atoms with Crippen LogP contribution in [0.4, 0.5) is 16.2 Å². The number of urea groups is 1. The zero-order valence-electron chi connectivity index (χ0n) is 19.3. The van der Waals surface area contributed by atoms with E-state index in [1.165, 1.54) is 0 Å². The van der Waals surface area contributed by atoms with Crippen LogP contribution in [0.25, 0.3) is 16.9 Å². The van der Waals surface area contributed by atoms with Crippen LogP contribution in [0.3, 0.4) is 0 Å². The molecule has 0 bridgehead atoms. The van der Waals surface area contributed by atoms with Gasteiger partial charge in [0.25, 0.3) is 5.91 Å². The van der Waals surface area contributed by atoms with Gasteiger partial charge in [0.2, 0.25) is 0 Å². The first-order valence-electron chi connectivity index (χ1n) is 11.0. The Hall–Kier alpha value is -4.40. The highest BCUT2D eigenvalue weighted by Crippen LogP contribution is 2.30. The molecule has 0 atom stereocenters. The van der Waals surface area contributed by atoms with Crippen molar-refractivity contribution in [2.24, 2.45) is 0 Å². The van der Waals surface area contributed by atoms with Gasteiger partial charge in [-0.15, -0.1) is 0 Å². The Morgan fingerprint density at radius 1 is 1.06 bits per heavy atom. The molecule has 0 spiro atoms. The molecule has 174 valence electrons. The summed E-state index contributed by atoms with van der Waals surface area (Å²) >= 11 is 0. The zero-order valence-corrected chi connectivity index (χ0v) is 19.3. The molecule has 0 aliphatic rings. The number of aromatic nitrogens is 3. The summed E-state index contributed by atoms with van der Waals surface area (Å²) in [5.41, 5.74) is 4.54. The van der Waals surface area contributed by atoms with Crippen LogP contribution in [0.1, 0.15) is 29.3 Å². The molecule has 4 aromatic rings. The van der Waals surface area contributed by atoms with Gasteiger partial charge in [-0.05, 0) is 55.3 Å². The molecular formula is C25H26N6O3. The number of carbonyl (C=O) groups excluding carboxylic acids is 2. The average Bonchev–Trinajstić information content (AvgIpc) is 3.33. The van der Waals surface area contributed by atoms with Gasteiger partial charge in [-0.3, -0.25) is 4.79 Å². The molecule has 0 saturated carbocycles. The number of anilines is 2. The maximum Gasteiger partial charge on any atom is 0.319 e. The number of hydrogen-bond donors (Lipinski definition) is 3. The number of amides is 3. The van der Waals surface area contributed by atoms with Gasteiger partial charge in [0, 0.05) is 36.3 Å². The van der Waals surface area contributed by atoms with E-state index in [4.69, 9.17) is 4.74 Å². The summed E-state index contributed by atoms with van der Waals surface area (Å²) in [6.07, 6.45) is 4.25. The van der Waals surface area contributed by atoms with Gasteiger partial charge < -0.3 is 20.7 Å². The minimum Gasteiger partial charge on any atom is -0.494 e. The lowest BCUT2D eigenvalue weighted by Gasteiger charge is -2.14. The molecule has 4 rings (SSSR count). The highest BCUT2D eigenvalue weighted by molar-refractivity contribution is 6.05. The normalized spacial score (nSPS) is 10.7. The number of fused-ring (bicyclic) bond motifs is 1. The smallest absolute Gasteiger partial charge is 0.319 e. The number of carbonyl (C=O) groups is 2. The topological polar surface area (TPSA) is 110 Å². The summed E-state index contributed by atoms with van der Waals surface area (Å²) in [7, 11) is 1.54. The van der Waals surface area contributed by atoms with Crippen molar-refractivity contribution in [2.45, 2.75) is 20.3 Å². The Kier molecular flexibility index (Phi) is 6.72. The van der Waals surface area contributed by atoms with Crippen molar-refractivity contribution in [3.8, 4) is 17.0 Å². The summed E-state index contributed by atoms with van der Waals surface area (Å²) in [6, 6.07) is 14.1. The van der Waals surface area contributed by atoms with E-state index < -0.39 is 0 Å². The molecule has 0 saturated heterocycles. The second-order valence-corrected chi connectivity index (χ2v) is 7.65. The predicted octanol–water partition coefficient (Wildman–Crippen LogP) is 4.50. The fourth-order valence-corrected chi connectivity index (χ4v) is 3.49. The minimum absolute atomic E-state index is 0.220. The molecule has 9 nitrogen and oxygen atoms in total. The van der Waals surface area contributed by atoms with E-state index >= 15 is 0 Å². The van der Waals surface area contributed by atoms with Crippen molar-refractivity contribution in [3.63, 3.8) is 0 Å². The Morgan fingerprint density at radius 2 is 1.85 bits per heavy atom. The van der Waals surface area contributed by atoms with Crippen LogP contribution in [0, 0.1) is 6.92 Å². The van der Waals surface area contributed by atoms with Crippen molar-refractivity contribution in [1.29, 1.82) is 0 Å². The molecule has 0 radical (unpaired) electrons. The lowest BCUT2D eigenvalue weighted by atomic mass is 10.0. The Balaban J connectivity index is 1.61. The number of ether oxygens (including phenoxy) is 1. The summed E-state index contributed by atoms with van der Waals surface area (Å²) in [5.74, 6) is 0.515. The lowest BCUT2D eigenvalue weighted by Crippen LogP contribution is -2.25. The van der Waals surface area contributed by atoms with E-state index in [9.17, 15) is 9.59 Å². The molecule has 0 aliphatic heterocycles. The summed E-state index contributed by atoms with van der Waals surface area (Å²) in [5, 5.41) is 12.9. The molecule has 2 aromatic heterocycles. The summed E-state index contributed by atoms with van der Waals surface area (Å²) < 4.78 is 7.19. The predicted molar refractivity (Wildman–Crippen MR) is 131 cm³/mol. The molecule has 34 heavy (non-hydrogen) atoms. The second kappa shape index (κ2) is 10.0. The Bertz CT molecular complexity index is 1330. The first kappa shape index (κ1) is 22.8. The van der Waals surface area contributed by atoms with Crippen molar-refractivity contribution < 1.29 is 14.3 Å². The fraction of sp³-hybridized carbons (Fsp3) is 0.200. The van der Waals surface area contributed by atoms with Gasteiger partial charge >= 0.3 is 6.03 Å². The second-order valence-electron chi connectivity index (χ2n) is 7.65. The molecule has 2 heterocycles. The van der Waals surface area contributed by atoms with Crippen LogP contribution in [0.5, 0.6) is 5.75 Å². The third kappa shape index (κ3) is 4.83. The van der Waals surface area contributed by atoms with Crippen LogP contribution in [-0.4, -0.2) is 40.2 Å². The highest BCUT2D eigenvalue weighted by Gasteiger charge is 2.15. The Morgan fingerprint density at radius 3 is 2.59 bits per heavy atom. The minimum atomic E-state index is -0.356. The maximum atomic E-state index is 12.9. The van der Waals surface area contributed by atoms with E-state index in [1.54, 1.807) is 54.3 Å². The van der Waals surface area contributed by atoms with Gasteiger partial charge in [0.15, 0.2) is 5.65 Å². The molecule has 0 fully saturated rings. The molecule has 9 heteroatoms. The van der Waals surface area contributed by atoms with Crippen LogP contribution < -0.4 is 20.7 Å². The maximum absolute atomic E-state index is 12.9. The quantitative estimate of drug-likeness (QED) is 0.378. The van der Waals surface area contributed by atoms with E-state index in [0.717, 1.165) is 23.3 Å². The van der Waals surface area contributed by atoms with Crippen molar-refractivity contribution in [2.75, 3.05) is 24.3 Å². The van der Waals surface area contributed by atoms with Gasteiger partial charge in [-0.25, -0.2) is 14.3 Å². The molecule has 0 unspecified atom stereocenters. The van der Waals surface area contributed by atoms with E-state index in [2.05, 4.69) is 26.0 Å². The molecule has 0 aliphatic carbocycles. The fourth-order valence-electron chi connectivity index (χ4n) is 3.49. The Labute approximate surface area is 197 Å². The number of benzene rings is 2. The monoisotopic (exact) mass is 458 g/mol. The van der Waals surface area contributed by atoms with Crippen LogP contribution in [0.2, 0.25) is 0 Å². The highest BCUT2D eigenvalue weighted by atomic mass is 16.5. The third-order valence-electron chi connectivity index (χ3n) is 5.28. The lowest BCUT2D eigenvalue weighted by molar-refractivity contribution is 0.102. The van der Waals surface area contributed by atoms with Gasteiger partial charge in [0.1, 0.15) is 5.75 Å². The molecule has 3 amide bonds. The number of hydrogen-bond acceptors (Lipinski definition) is 5. The first-order chi connectivity index (χ1) is 16.5. The number of nitrogens with one attached hydrogen (secondary N) is 3. The van der Waals surface area contributed by atoms with Gasteiger partial charge in [-0.2, -0.15) is 5.10 Å². The van der Waals surface area contributed by atoms with Gasteiger partial charge in [-0.1, -0.05) is 19.1 Å². The SMILES string of the molecule is CCCOc1ccc(C(=O)Nc2cccc(-c3cc(NC(=O)NC)c4nccn4n3)c2C)cc1. The summed E-state index contributed by atoms with van der Waals surface area (Å²) in [4.78, 5) is 29.0.